The van der Waals surface area contributed by atoms with Crippen LogP contribution in [0, 0.1) is 11.3 Å². The maximum Gasteiger partial charge on any atom is 0.107 e. The van der Waals surface area contributed by atoms with Crippen LogP contribution in [0.1, 0.15) is 39.2 Å². The summed E-state index contributed by atoms with van der Waals surface area (Å²) in [5, 5.41) is 9.14. The molecule has 84 valence electrons. The van der Waals surface area contributed by atoms with Gasteiger partial charge in [-0.05, 0) is 29.9 Å². The monoisotopic (exact) mass is 231 g/mol. The van der Waals surface area contributed by atoms with E-state index in [9.17, 15) is 0 Å². The summed E-state index contributed by atoms with van der Waals surface area (Å²) in [6.07, 6.45) is 2.07. The normalized spacial score (nSPS) is 17.9. The summed E-state index contributed by atoms with van der Waals surface area (Å²) in [5.74, 6) is 0. The van der Waals surface area contributed by atoms with E-state index in [-0.39, 0.29) is 10.2 Å². The number of benzene rings is 1. The zero-order valence-electron chi connectivity index (χ0n) is 10.1. The highest BCUT2D eigenvalue weighted by Crippen LogP contribution is 2.52. The van der Waals surface area contributed by atoms with Gasteiger partial charge in [0, 0.05) is 4.90 Å². The third kappa shape index (κ3) is 2.25. The van der Waals surface area contributed by atoms with Crippen LogP contribution in [0.25, 0.3) is 0 Å². The van der Waals surface area contributed by atoms with Crippen LogP contribution in [0.15, 0.2) is 29.2 Å². The van der Waals surface area contributed by atoms with E-state index in [0.717, 1.165) is 12.8 Å². The molecule has 1 aliphatic carbocycles. The zero-order valence-corrected chi connectivity index (χ0v) is 10.9. The molecule has 0 spiro atoms. The molecule has 0 saturated heterocycles. The quantitative estimate of drug-likeness (QED) is 0.764. The lowest BCUT2D eigenvalue weighted by Gasteiger charge is -2.23. The summed E-state index contributed by atoms with van der Waals surface area (Å²) in [7, 11) is 0. The fraction of sp³-hybridized carbons (Fsp3) is 0.500. The molecule has 2 rings (SSSR count). The molecular formula is C14H17NS. The third-order valence-electron chi connectivity index (χ3n) is 2.91. The fourth-order valence-electron chi connectivity index (χ4n) is 1.74. The highest BCUT2D eigenvalue weighted by Gasteiger charge is 2.45. The molecule has 0 aromatic heterocycles. The number of rotatable bonds is 2. The Hall–Kier alpha value is -0.940. The Morgan fingerprint density at radius 2 is 1.88 bits per heavy atom. The van der Waals surface area contributed by atoms with Gasteiger partial charge in [-0.25, -0.2) is 0 Å². The molecular weight excluding hydrogens is 214 g/mol. The van der Waals surface area contributed by atoms with Crippen molar-refractivity contribution in [2.45, 2.75) is 48.7 Å². The molecule has 0 unspecified atom stereocenters. The van der Waals surface area contributed by atoms with Crippen LogP contribution in [-0.2, 0) is 5.41 Å². The van der Waals surface area contributed by atoms with Gasteiger partial charge in [-0.1, -0.05) is 39.0 Å². The van der Waals surface area contributed by atoms with E-state index in [0.29, 0.717) is 0 Å². The van der Waals surface area contributed by atoms with Crippen LogP contribution in [0.4, 0.5) is 0 Å². The van der Waals surface area contributed by atoms with Gasteiger partial charge in [0.2, 0.25) is 0 Å². The number of thioether (sulfide) groups is 1. The maximum atomic E-state index is 9.14. The van der Waals surface area contributed by atoms with Crippen molar-refractivity contribution in [3.05, 3.63) is 29.8 Å². The standard InChI is InChI=1S/C14H17NS/c1-13(2,3)11-6-4-5-7-12(11)16-14(10-15)8-9-14/h4-7H,8-9H2,1-3H3. The molecule has 1 fully saturated rings. The molecule has 0 atom stereocenters. The molecule has 16 heavy (non-hydrogen) atoms. The minimum atomic E-state index is -0.124. The van der Waals surface area contributed by atoms with Gasteiger partial charge < -0.3 is 0 Å². The Labute approximate surface area is 102 Å². The Morgan fingerprint density at radius 3 is 2.38 bits per heavy atom. The van der Waals surface area contributed by atoms with Crippen molar-refractivity contribution in [3.63, 3.8) is 0 Å². The van der Waals surface area contributed by atoms with Crippen molar-refractivity contribution < 1.29 is 0 Å². The molecule has 1 aliphatic rings. The molecule has 0 amide bonds. The van der Waals surface area contributed by atoms with Gasteiger partial charge in [-0.15, -0.1) is 11.8 Å². The van der Waals surface area contributed by atoms with Crippen molar-refractivity contribution in [1.82, 2.24) is 0 Å². The van der Waals surface area contributed by atoms with Crippen molar-refractivity contribution in [2.24, 2.45) is 0 Å². The van der Waals surface area contributed by atoms with E-state index in [2.05, 4.69) is 51.1 Å². The topological polar surface area (TPSA) is 23.8 Å². The van der Waals surface area contributed by atoms with E-state index < -0.39 is 0 Å². The Balaban J connectivity index is 2.31. The van der Waals surface area contributed by atoms with Crippen molar-refractivity contribution in [1.29, 1.82) is 5.26 Å². The second-order valence-electron chi connectivity index (χ2n) is 5.45. The molecule has 0 aliphatic heterocycles. The van der Waals surface area contributed by atoms with Crippen LogP contribution in [0.3, 0.4) is 0 Å². The van der Waals surface area contributed by atoms with Gasteiger partial charge in [0.05, 0.1) is 6.07 Å². The predicted octanol–water partition coefficient (Wildman–Crippen LogP) is 4.13. The SMILES string of the molecule is CC(C)(C)c1ccccc1SC1(C#N)CC1. The first-order valence-corrected chi connectivity index (χ1v) is 6.48. The molecule has 1 aromatic carbocycles. The first kappa shape index (κ1) is 11.5. The minimum absolute atomic E-state index is 0.124. The van der Waals surface area contributed by atoms with Crippen molar-refractivity contribution in [3.8, 4) is 6.07 Å². The minimum Gasteiger partial charge on any atom is -0.197 e. The van der Waals surface area contributed by atoms with E-state index >= 15 is 0 Å². The lowest BCUT2D eigenvalue weighted by molar-refractivity contribution is 0.578. The lowest BCUT2D eigenvalue weighted by atomic mass is 9.87. The average molecular weight is 231 g/mol. The molecule has 0 heterocycles. The second kappa shape index (κ2) is 3.82. The van der Waals surface area contributed by atoms with Crippen LogP contribution >= 0.6 is 11.8 Å². The first-order chi connectivity index (χ1) is 7.47. The molecule has 0 bridgehead atoms. The Kier molecular flexibility index (Phi) is 2.75. The predicted molar refractivity (Wildman–Crippen MR) is 68.6 cm³/mol. The van der Waals surface area contributed by atoms with E-state index in [1.807, 2.05) is 0 Å². The lowest BCUT2D eigenvalue weighted by Crippen LogP contribution is -2.13. The Morgan fingerprint density at radius 1 is 1.25 bits per heavy atom. The number of nitrogens with zero attached hydrogens (tertiary/aromatic N) is 1. The second-order valence-corrected chi connectivity index (χ2v) is 6.88. The molecule has 0 radical (unpaired) electrons. The summed E-state index contributed by atoms with van der Waals surface area (Å²) in [6.45, 7) is 6.66. The highest BCUT2D eigenvalue weighted by atomic mass is 32.2. The highest BCUT2D eigenvalue weighted by molar-refractivity contribution is 8.01. The van der Waals surface area contributed by atoms with Gasteiger partial charge in [0.25, 0.3) is 0 Å². The van der Waals surface area contributed by atoms with Crippen LogP contribution in [0.5, 0.6) is 0 Å². The van der Waals surface area contributed by atoms with E-state index in [1.54, 1.807) is 11.8 Å². The maximum absolute atomic E-state index is 9.14. The third-order valence-corrected chi connectivity index (χ3v) is 4.37. The number of nitriles is 1. The summed E-state index contributed by atoms with van der Waals surface area (Å²) < 4.78 is -0.124. The van der Waals surface area contributed by atoms with Gasteiger partial charge in [0.15, 0.2) is 0 Å². The number of hydrogen-bond acceptors (Lipinski definition) is 2. The molecule has 1 saturated carbocycles. The Bertz CT molecular complexity index is 433. The van der Waals surface area contributed by atoms with Crippen LogP contribution < -0.4 is 0 Å². The van der Waals surface area contributed by atoms with Gasteiger partial charge in [-0.3, -0.25) is 0 Å². The van der Waals surface area contributed by atoms with Crippen molar-refractivity contribution >= 4 is 11.8 Å². The summed E-state index contributed by atoms with van der Waals surface area (Å²) in [5.41, 5.74) is 1.50. The van der Waals surface area contributed by atoms with E-state index in [1.165, 1.54) is 10.5 Å². The van der Waals surface area contributed by atoms with Crippen molar-refractivity contribution in [2.75, 3.05) is 0 Å². The molecule has 0 N–H and O–H groups in total. The number of hydrogen-bond donors (Lipinski definition) is 0. The fourth-order valence-corrected chi connectivity index (χ4v) is 3.14. The smallest absolute Gasteiger partial charge is 0.107 e. The molecule has 2 heteroatoms. The van der Waals surface area contributed by atoms with Gasteiger partial charge in [-0.2, -0.15) is 5.26 Å². The van der Waals surface area contributed by atoms with Crippen LogP contribution in [-0.4, -0.2) is 4.75 Å². The van der Waals surface area contributed by atoms with Gasteiger partial charge >= 0.3 is 0 Å². The van der Waals surface area contributed by atoms with E-state index in [4.69, 9.17) is 5.26 Å². The summed E-state index contributed by atoms with van der Waals surface area (Å²) in [4.78, 5) is 1.27. The molecule has 1 nitrogen and oxygen atoms in total. The largest absolute Gasteiger partial charge is 0.197 e. The average Bonchev–Trinajstić information content (AvgIpc) is 2.98. The molecule has 1 aromatic rings. The first-order valence-electron chi connectivity index (χ1n) is 5.67. The van der Waals surface area contributed by atoms with Crippen LogP contribution in [0.2, 0.25) is 0 Å². The van der Waals surface area contributed by atoms with Gasteiger partial charge in [0.1, 0.15) is 4.75 Å². The summed E-state index contributed by atoms with van der Waals surface area (Å²) >= 11 is 1.75. The summed E-state index contributed by atoms with van der Waals surface area (Å²) in [6, 6.07) is 10.9. The zero-order chi connectivity index (χ0) is 11.8.